The molecule has 136 valence electrons. The number of nitrogen functional groups attached to an aromatic ring is 1. The average molecular weight is 357 g/mol. The van der Waals surface area contributed by atoms with Crippen LogP contribution in [-0.2, 0) is 0 Å². The monoisotopic (exact) mass is 357 g/mol. The van der Waals surface area contributed by atoms with Crippen molar-refractivity contribution in [3.05, 3.63) is 78.4 Å². The molecule has 1 amide bonds. The quantitative estimate of drug-likeness (QED) is 0.660. The van der Waals surface area contributed by atoms with Crippen LogP contribution in [0.3, 0.4) is 0 Å². The minimum Gasteiger partial charge on any atom is -0.399 e. The molecule has 1 heterocycles. The molecule has 1 fully saturated rings. The molecule has 0 aromatic heterocycles. The molecule has 4 heteroatoms. The Kier molecular flexibility index (Phi) is 4.79. The van der Waals surface area contributed by atoms with Gasteiger partial charge in [0.15, 0.2) is 0 Å². The second-order valence-electron chi connectivity index (χ2n) is 6.90. The highest BCUT2D eigenvalue weighted by atomic mass is 16.1. The molecule has 0 unspecified atom stereocenters. The van der Waals surface area contributed by atoms with Gasteiger partial charge in [0, 0.05) is 35.7 Å². The van der Waals surface area contributed by atoms with E-state index < -0.39 is 0 Å². The van der Waals surface area contributed by atoms with Gasteiger partial charge in [-0.15, -0.1) is 0 Å². The van der Waals surface area contributed by atoms with Crippen molar-refractivity contribution in [2.24, 2.45) is 0 Å². The molecule has 3 N–H and O–H groups in total. The van der Waals surface area contributed by atoms with Crippen LogP contribution >= 0.6 is 0 Å². The Hall–Kier alpha value is -3.27. The van der Waals surface area contributed by atoms with Crippen molar-refractivity contribution in [1.29, 1.82) is 0 Å². The molecule has 3 aromatic carbocycles. The lowest BCUT2D eigenvalue weighted by Gasteiger charge is -2.17. The number of rotatable bonds is 4. The molecule has 4 nitrogen and oxygen atoms in total. The maximum atomic E-state index is 12.5. The second-order valence-corrected chi connectivity index (χ2v) is 6.90. The Labute approximate surface area is 159 Å². The first-order chi connectivity index (χ1) is 13.2. The van der Waals surface area contributed by atoms with Crippen LogP contribution in [0.1, 0.15) is 23.2 Å². The van der Waals surface area contributed by atoms with Crippen molar-refractivity contribution in [2.75, 3.05) is 29.0 Å². The lowest BCUT2D eigenvalue weighted by atomic mass is 10.0. The highest BCUT2D eigenvalue weighted by molar-refractivity contribution is 6.04. The largest absolute Gasteiger partial charge is 0.399 e. The minimum atomic E-state index is -0.108. The minimum absolute atomic E-state index is 0.108. The Morgan fingerprint density at radius 2 is 1.56 bits per heavy atom. The van der Waals surface area contributed by atoms with Crippen molar-refractivity contribution >= 4 is 23.0 Å². The zero-order valence-electron chi connectivity index (χ0n) is 15.2. The van der Waals surface area contributed by atoms with Gasteiger partial charge in [-0.3, -0.25) is 4.79 Å². The molecule has 0 spiro atoms. The van der Waals surface area contributed by atoms with Crippen LogP contribution in [0, 0.1) is 0 Å². The van der Waals surface area contributed by atoms with Gasteiger partial charge >= 0.3 is 0 Å². The van der Waals surface area contributed by atoms with Crippen molar-refractivity contribution in [3.63, 3.8) is 0 Å². The highest BCUT2D eigenvalue weighted by Crippen LogP contribution is 2.24. The smallest absolute Gasteiger partial charge is 0.255 e. The van der Waals surface area contributed by atoms with Crippen molar-refractivity contribution < 1.29 is 4.79 Å². The number of hydrogen-bond donors (Lipinski definition) is 2. The van der Waals surface area contributed by atoms with Crippen molar-refractivity contribution in [2.45, 2.75) is 12.8 Å². The van der Waals surface area contributed by atoms with Crippen LogP contribution in [0.15, 0.2) is 72.8 Å². The van der Waals surface area contributed by atoms with E-state index in [4.69, 9.17) is 5.73 Å². The van der Waals surface area contributed by atoms with Crippen LogP contribution in [-0.4, -0.2) is 19.0 Å². The number of nitrogens with one attached hydrogen (secondary N) is 1. The second kappa shape index (κ2) is 7.54. The first-order valence-electron chi connectivity index (χ1n) is 9.31. The van der Waals surface area contributed by atoms with E-state index in [1.54, 1.807) is 0 Å². The molecule has 3 aromatic rings. The number of hydrogen-bond acceptors (Lipinski definition) is 3. The molecule has 0 radical (unpaired) electrons. The third-order valence-corrected chi connectivity index (χ3v) is 4.96. The van der Waals surface area contributed by atoms with Gasteiger partial charge in [0.25, 0.3) is 5.91 Å². The summed E-state index contributed by atoms with van der Waals surface area (Å²) in [4.78, 5) is 14.9. The van der Waals surface area contributed by atoms with E-state index >= 15 is 0 Å². The van der Waals surface area contributed by atoms with E-state index in [-0.39, 0.29) is 5.91 Å². The highest BCUT2D eigenvalue weighted by Gasteiger charge is 2.12. The Balaban J connectivity index is 1.43. The van der Waals surface area contributed by atoms with Gasteiger partial charge in [-0.1, -0.05) is 24.3 Å². The maximum Gasteiger partial charge on any atom is 0.255 e. The van der Waals surface area contributed by atoms with E-state index in [1.165, 1.54) is 18.5 Å². The van der Waals surface area contributed by atoms with Gasteiger partial charge in [0.05, 0.1) is 0 Å². The van der Waals surface area contributed by atoms with E-state index in [9.17, 15) is 4.79 Å². The van der Waals surface area contributed by atoms with E-state index in [0.29, 0.717) is 5.56 Å². The Morgan fingerprint density at radius 3 is 2.22 bits per heavy atom. The summed E-state index contributed by atoms with van der Waals surface area (Å²) in [6.07, 6.45) is 2.51. The summed E-state index contributed by atoms with van der Waals surface area (Å²) in [5.74, 6) is -0.108. The van der Waals surface area contributed by atoms with Gasteiger partial charge in [-0.2, -0.15) is 0 Å². The van der Waals surface area contributed by atoms with Crippen molar-refractivity contribution in [3.8, 4) is 11.1 Å². The van der Waals surface area contributed by atoms with Gasteiger partial charge < -0.3 is 16.0 Å². The standard InChI is InChI=1S/C23H23N3O/c24-20-5-3-4-19(16-20)17-6-8-18(9-7-17)23(27)25-21-10-12-22(13-11-21)26-14-1-2-15-26/h3-13,16H,1-2,14-15,24H2,(H,25,27). The first-order valence-corrected chi connectivity index (χ1v) is 9.31. The number of carbonyl (C=O) groups is 1. The SMILES string of the molecule is Nc1cccc(-c2ccc(C(=O)Nc3ccc(N4CCCC4)cc3)cc2)c1. The molecular weight excluding hydrogens is 334 g/mol. The lowest BCUT2D eigenvalue weighted by molar-refractivity contribution is 0.102. The maximum absolute atomic E-state index is 12.5. The molecule has 0 bridgehead atoms. The molecule has 0 atom stereocenters. The van der Waals surface area contributed by atoms with Gasteiger partial charge in [-0.05, 0) is 72.5 Å². The zero-order valence-corrected chi connectivity index (χ0v) is 15.2. The number of anilines is 3. The third-order valence-electron chi connectivity index (χ3n) is 4.96. The fraction of sp³-hybridized carbons (Fsp3) is 0.174. The Bertz CT molecular complexity index is 927. The van der Waals surface area contributed by atoms with Gasteiger partial charge in [0.2, 0.25) is 0 Å². The molecule has 1 aliphatic rings. The fourth-order valence-electron chi connectivity index (χ4n) is 3.47. The average Bonchev–Trinajstić information content (AvgIpc) is 3.23. The van der Waals surface area contributed by atoms with Crippen molar-refractivity contribution in [1.82, 2.24) is 0 Å². The summed E-state index contributed by atoms with van der Waals surface area (Å²) < 4.78 is 0. The Morgan fingerprint density at radius 1 is 0.852 bits per heavy atom. The van der Waals surface area contributed by atoms with Gasteiger partial charge in [-0.25, -0.2) is 0 Å². The van der Waals surface area contributed by atoms with E-state index in [1.807, 2.05) is 60.7 Å². The summed E-state index contributed by atoms with van der Waals surface area (Å²) in [6, 6.07) is 23.4. The molecule has 1 saturated heterocycles. The van der Waals surface area contributed by atoms with Gasteiger partial charge in [0.1, 0.15) is 0 Å². The summed E-state index contributed by atoms with van der Waals surface area (Å²) in [5.41, 5.74) is 11.3. The summed E-state index contributed by atoms with van der Waals surface area (Å²) in [6.45, 7) is 2.23. The number of nitrogens with two attached hydrogens (primary N) is 1. The van der Waals surface area contributed by atoms with Crippen LogP contribution in [0.2, 0.25) is 0 Å². The summed E-state index contributed by atoms with van der Waals surface area (Å²) in [5, 5.41) is 2.97. The molecule has 4 rings (SSSR count). The number of benzene rings is 3. The molecule has 1 aliphatic heterocycles. The first kappa shape index (κ1) is 17.2. The summed E-state index contributed by atoms with van der Waals surface area (Å²) >= 11 is 0. The van der Waals surface area contributed by atoms with Crippen LogP contribution < -0.4 is 16.0 Å². The zero-order chi connectivity index (χ0) is 18.6. The number of nitrogens with zero attached hydrogens (tertiary/aromatic N) is 1. The van der Waals surface area contributed by atoms with Crippen LogP contribution in [0.5, 0.6) is 0 Å². The van der Waals surface area contributed by atoms with Crippen LogP contribution in [0.4, 0.5) is 17.1 Å². The number of amides is 1. The topological polar surface area (TPSA) is 58.4 Å². The lowest BCUT2D eigenvalue weighted by Crippen LogP contribution is -2.17. The normalized spacial score (nSPS) is 13.6. The molecule has 0 aliphatic carbocycles. The van der Waals surface area contributed by atoms with Crippen LogP contribution in [0.25, 0.3) is 11.1 Å². The molecular formula is C23H23N3O. The van der Waals surface area contributed by atoms with E-state index in [0.717, 1.165) is 35.6 Å². The third kappa shape index (κ3) is 3.95. The van der Waals surface area contributed by atoms with E-state index in [2.05, 4.69) is 22.3 Å². The molecule has 0 saturated carbocycles. The fourth-order valence-corrected chi connectivity index (χ4v) is 3.47. The molecule has 27 heavy (non-hydrogen) atoms. The summed E-state index contributed by atoms with van der Waals surface area (Å²) in [7, 11) is 0. The predicted octanol–water partition coefficient (Wildman–Crippen LogP) is 4.79. The predicted molar refractivity (Wildman–Crippen MR) is 112 cm³/mol. The number of carbonyl (C=O) groups excluding carboxylic acids is 1.